The molecule has 0 aliphatic carbocycles. The van der Waals surface area contributed by atoms with Gasteiger partial charge in [-0.05, 0) is 18.1 Å². The van der Waals surface area contributed by atoms with E-state index in [0.717, 1.165) is 5.57 Å². The first-order chi connectivity index (χ1) is 7.18. The van der Waals surface area contributed by atoms with Crippen molar-refractivity contribution in [2.45, 2.75) is 19.4 Å². The summed E-state index contributed by atoms with van der Waals surface area (Å²) in [7, 11) is 0. The Labute approximate surface area is 90.2 Å². The van der Waals surface area contributed by atoms with Gasteiger partial charge in [0.05, 0.1) is 6.04 Å². The van der Waals surface area contributed by atoms with Crippen LogP contribution in [0.15, 0.2) is 42.5 Å². The second-order valence-corrected chi connectivity index (χ2v) is 4.04. The average Bonchev–Trinajstić information content (AvgIpc) is 2.58. The van der Waals surface area contributed by atoms with Crippen molar-refractivity contribution in [3.8, 4) is 0 Å². The van der Waals surface area contributed by atoms with Crippen molar-refractivity contribution in [1.82, 2.24) is 4.90 Å². The molecule has 0 aromatic heterocycles. The molecule has 0 bridgehead atoms. The van der Waals surface area contributed by atoms with Gasteiger partial charge >= 0.3 is 0 Å². The van der Waals surface area contributed by atoms with Crippen molar-refractivity contribution in [2.75, 3.05) is 6.54 Å². The highest BCUT2D eigenvalue weighted by Crippen LogP contribution is 2.26. The maximum Gasteiger partial charge on any atom is 0.227 e. The van der Waals surface area contributed by atoms with E-state index < -0.39 is 0 Å². The van der Waals surface area contributed by atoms with Crippen LogP contribution in [0.25, 0.3) is 0 Å². The Morgan fingerprint density at radius 2 is 2.00 bits per heavy atom. The summed E-state index contributed by atoms with van der Waals surface area (Å²) in [6.45, 7) is 6.63. The monoisotopic (exact) mass is 201 g/mol. The summed E-state index contributed by atoms with van der Waals surface area (Å²) in [5, 5.41) is 0. The molecular formula is C13H15NO. The Morgan fingerprint density at radius 3 is 2.53 bits per heavy atom. The first kappa shape index (κ1) is 9.97. The molecule has 0 saturated carbocycles. The summed E-state index contributed by atoms with van der Waals surface area (Å²) >= 11 is 0. The van der Waals surface area contributed by atoms with Crippen molar-refractivity contribution in [1.29, 1.82) is 0 Å². The Bertz CT molecular complexity index is 383. The number of benzene rings is 1. The zero-order valence-corrected chi connectivity index (χ0v) is 8.94. The van der Waals surface area contributed by atoms with Gasteiger partial charge in [0.1, 0.15) is 0 Å². The van der Waals surface area contributed by atoms with Gasteiger partial charge in [0.15, 0.2) is 0 Å². The van der Waals surface area contributed by atoms with E-state index in [1.165, 1.54) is 5.56 Å². The number of likely N-dealkylation sites (tertiary alicyclic amines) is 1. The molecule has 1 atom stereocenters. The molecule has 2 heteroatoms. The predicted molar refractivity (Wildman–Crippen MR) is 60.3 cm³/mol. The van der Waals surface area contributed by atoms with E-state index in [-0.39, 0.29) is 11.9 Å². The van der Waals surface area contributed by atoms with Crippen LogP contribution in [0.3, 0.4) is 0 Å². The lowest BCUT2D eigenvalue weighted by Gasteiger charge is -2.24. The minimum absolute atomic E-state index is 0.151. The van der Waals surface area contributed by atoms with Crippen LogP contribution in [0.1, 0.15) is 24.9 Å². The van der Waals surface area contributed by atoms with Gasteiger partial charge in [-0.15, -0.1) is 0 Å². The molecule has 1 aromatic carbocycles. The molecule has 0 unspecified atom stereocenters. The first-order valence-corrected chi connectivity index (χ1v) is 5.19. The van der Waals surface area contributed by atoms with E-state index in [0.29, 0.717) is 13.0 Å². The Morgan fingerprint density at radius 1 is 1.33 bits per heavy atom. The number of rotatable bonds is 2. The third-order valence-corrected chi connectivity index (χ3v) is 2.87. The minimum atomic E-state index is 0.151. The van der Waals surface area contributed by atoms with E-state index >= 15 is 0 Å². The molecule has 1 saturated heterocycles. The smallest absolute Gasteiger partial charge is 0.227 e. The summed E-state index contributed by atoms with van der Waals surface area (Å²) in [5.74, 6) is 0.191. The van der Waals surface area contributed by atoms with E-state index in [2.05, 4.69) is 25.6 Å². The molecule has 1 amide bonds. The quantitative estimate of drug-likeness (QED) is 0.673. The zero-order valence-electron chi connectivity index (χ0n) is 8.94. The van der Waals surface area contributed by atoms with Crippen molar-refractivity contribution < 1.29 is 4.79 Å². The summed E-state index contributed by atoms with van der Waals surface area (Å²) in [6.07, 6.45) is 0.511. The van der Waals surface area contributed by atoms with E-state index in [4.69, 9.17) is 0 Å². The largest absolute Gasteiger partial charge is 0.332 e. The molecule has 0 radical (unpaired) electrons. The first-order valence-electron chi connectivity index (χ1n) is 5.19. The van der Waals surface area contributed by atoms with Gasteiger partial charge in [0.2, 0.25) is 5.91 Å². The van der Waals surface area contributed by atoms with Crippen molar-refractivity contribution in [3.05, 3.63) is 48.0 Å². The standard InChI is InChI=1S/C13H15NO/c1-10-8-13(15)14(9-10)11(2)12-6-4-3-5-7-12/h3-7,11H,1,8-9H2,2H3/t11-/m1/s1. The van der Waals surface area contributed by atoms with Gasteiger partial charge in [-0.2, -0.15) is 0 Å². The summed E-state index contributed by atoms with van der Waals surface area (Å²) in [4.78, 5) is 13.6. The number of amides is 1. The lowest BCUT2D eigenvalue weighted by Crippen LogP contribution is -2.27. The Kier molecular flexibility index (Phi) is 2.58. The molecule has 78 valence electrons. The topological polar surface area (TPSA) is 20.3 Å². The molecule has 1 fully saturated rings. The van der Waals surface area contributed by atoms with Crippen molar-refractivity contribution in [3.63, 3.8) is 0 Å². The summed E-state index contributed by atoms with van der Waals surface area (Å²) in [5.41, 5.74) is 2.20. The number of carbonyl (C=O) groups is 1. The van der Waals surface area contributed by atoms with E-state index in [9.17, 15) is 4.79 Å². The van der Waals surface area contributed by atoms with E-state index in [1.54, 1.807) is 0 Å². The normalized spacial score (nSPS) is 18.3. The molecule has 1 aromatic rings. The Hall–Kier alpha value is -1.57. The highest BCUT2D eigenvalue weighted by molar-refractivity contribution is 5.82. The van der Waals surface area contributed by atoms with Gasteiger partial charge in [-0.3, -0.25) is 4.79 Å². The van der Waals surface area contributed by atoms with Gasteiger partial charge in [-0.1, -0.05) is 36.9 Å². The highest BCUT2D eigenvalue weighted by atomic mass is 16.2. The second kappa shape index (κ2) is 3.89. The van der Waals surface area contributed by atoms with Gasteiger partial charge in [0.25, 0.3) is 0 Å². The molecule has 1 aliphatic rings. The van der Waals surface area contributed by atoms with Gasteiger partial charge in [0, 0.05) is 13.0 Å². The fraction of sp³-hybridized carbons (Fsp3) is 0.308. The molecule has 2 nitrogen and oxygen atoms in total. The maximum atomic E-state index is 11.7. The predicted octanol–water partition coefficient (Wildman–Crippen LogP) is 2.54. The number of hydrogen-bond donors (Lipinski definition) is 0. The lowest BCUT2D eigenvalue weighted by molar-refractivity contribution is -0.129. The van der Waals surface area contributed by atoms with Gasteiger partial charge in [-0.25, -0.2) is 0 Å². The lowest BCUT2D eigenvalue weighted by atomic mass is 10.1. The fourth-order valence-electron chi connectivity index (χ4n) is 1.96. The SMILES string of the molecule is C=C1CC(=O)N([C@H](C)c2ccccc2)C1. The average molecular weight is 201 g/mol. The number of carbonyl (C=O) groups excluding carboxylic acids is 1. The fourth-order valence-corrected chi connectivity index (χ4v) is 1.96. The molecular weight excluding hydrogens is 186 g/mol. The molecule has 0 spiro atoms. The molecule has 15 heavy (non-hydrogen) atoms. The maximum absolute atomic E-state index is 11.7. The van der Waals surface area contributed by atoms with Crippen LogP contribution < -0.4 is 0 Å². The highest BCUT2D eigenvalue weighted by Gasteiger charge is 2.27. The van der Waals surface area contributed by atoms with Crippen LogP contribution in [0.4, 0.5) is 0 Å². The van der Waals surface area contributed by atoms with Crippen LogP contribution in [-0.2, 0) is 4.79 Å². The number of hydrogen-bond acceptors (Lipinski definition) is 1. The summed E-state index contributed by atoms with van der Waals surface area (Å²) in [6, 6.07) is 10.2. The molecule has 1 heterocycles. The minimum Gasteiger partial charge on any atom is -0.332 e. The number of nitrogens with zero attached hydrogens (tertiary/aromatic N) is 1. The van der Waals surface area contributed by atoms with Crippen LogP contribution in [0, 0.1) is 0 Å². The Balaban J connectivity index is 2.18. The summed E-state index contributed by atoms with van der Waals surface area (Å²) < 4.78 is 0. The molecule has 0 N–H and O–H groups in total. The van der Waals surface area contributed by atoms with Crippen LogP contribution in [0.5, 0.6) is 0 Å². The molecule has 2 rings (SSSR count). The third kappa shape index (κ3) is 1.94. The second-order valence-electron chi connectivity index (χ2n) is 4.04. The van der Waals surface area contributed by atoms with Crippen molar-refractivity contribution >= 4 is 5.91 Å². The van der Waals surface area contributed by atoms with Gasteiger partial charge < -0.3 is 4.90 Å². The molecule has 1 aliphatic heterocycles. The van der Waals surface area contributed by atoms with Crippen LogP contribution in [-0.4, -0.2) is 17.4 Å². The van der Waals surface area contributed by atoms with Crippen LogP contribution >= 0.6 is 0 Å². The van der Waals surface area contributed by atoms with Crippen LogP contribution in [0.2, 0.25) is 0 Å². The third-order valence-electron chi connectivity index (χ3n) is 2.87. The van der Waals surface area contributed by atoms with E-state index in [1.807, 2.05) is 23.1 Å². The zero-order chi connectivity index (χ0) is 10.8. The van der Waals surface area contributed by atoms with Crippen molar-refractivity contribution in [2.24, 2.45) is 0 Å².